The maximum Gasteiger partial charge on any atom is 0.165 e. The summed E-state index contributed by atoms with van der Waals surface area (Å²) in [5, 5.41) is 15.4. The molecular formula is C15H18N8S. The molecule has 0 bridgehead atoms. The number of aromatic nitrogens is 6. The fourth-order valence-corrected chi connectivity index (χ4v) is 3.99. The first-order chi connectivity index (χ1) is 11.9. The van der Waals surface area contributed by atoms with E-state index in [0.717, 1.165) is 54.6 Å². The van der Waals surface area contributed by atoms with Crippen molar-refractivity contribution in [2.45, 2.75) is 25.4 Å². The Hall–Kier alpha value is -2.13. The summed E-state index contributed by atoms with van der Waals surface area (Å²) in [6, 6.07) is 2.65. The smallest absolute Gasteiger partial charge is 0.165 e. The van der Waals surface area contributed by atoms with Gasteiger partial charge in [-0.2, -0.15) is 0 Å². The minimum Gasteiger partial charge on any atom is -0.353 e. The molecule has 1 saturated carbocycles. The molecule has 2 fully saturated rings. The monoisotopic (exact) mass is 342 g/mol. The van der Waals surface area contributed by atoms with Crippen molar-refractivity contribution in [1.29, 1.82) is 0 Å². The molecule has 0 aromatic carbocycles. The van der Waals surface area contributed by atoms with Gasteiger partial charge in [0, 0.05) is 26.2 Å². The first-order valence-electron chi connectivity index (χ1n) is 8.31. The van der Waals surface area contributed by atoms with Gasteiger partial charge in [0.25, 0.3) is 0 Å². The maximum atomic E-state index is 4.52. The van der Waals surface area contributed by atoms with Crippen molar-refractivity contribution in [3.05, 3.63) is 23.6 Å². The van der Waals surface area contributed by atoms with Crippen LogP contribution >= 0.6 is 11.3 Å². The second-order valence-corrected chi connectivity index (χ2v) is 7.27. The number of rotatable bonds is 4. The van der Waals surface area contributed by atoms with E-state index in [2.05, 4.69) is 46.7 Å². The zero-order chi connectivity index (χ0) is 15.9. The quantitative estimate of drug-likeness (QED) is 0.708. The second kappa shape index (κ2) is 5.75. The SMILES string of the molecule is c1nc(N2CCN(Cc3nnnn3C3CC3)CC2)c2ccsc2n1. The summed E-state index contributed by atoms with van der Waals surface area (Å²) < 4.78 is 2.01. The van der Waals surface area contributed by atoms with Crippen molar-refractivity contribution >= 4 is 27.4 Å². The highest BCUT2D eigenvalue weighted by Crippen LogP contribution is 2.34. The van der Waals surface area contributed by atoms with E-state index < -0.39 is 0 Å². The Morgan fingerprint density at radius 2 is 2.00 bits per heavy atom. The average Bonchev–Trinajstić information content (AvgIpc) is 3.16. The zero-order valence-electron chi connectivity index (χ0n) is 13.2. The average molecular weight is 342 g/mol. The lowest BCUT2D eigenvalue weighted by molar-refractivity contribution is 0.239. The van der Waals surface area contributed by atoms with Gasteiger partial charge < -0.3 is 4.90 Å². The summed E-state index contributed by atoms with van der Waals surface area (Å²) in [5.41, 5.74) is 0. The number of nitrogens with zero attached hydrogens (tertiary/aromatic N) is 8. The molecule has 1 saturated heterocycles. The first-order valence-corrected chi connectivity index (χ1v) is 9.19. The Morgan fingerprint density at radius 1 is 1.12 bits per heavy atom. The molecule has 0 spiro atoms. The molecule has 0 unspecified atom stereocenters. The normalized spacial score (nSPS) is 19.2. The van der Waals surface area contributed by atoms with Gasteiger partial charge in [-0.05, 0) is 34.7 Å². The van der Waals surface area contributed by atoms with E-state index in [-0.39, 0.29) is 0 Å². The summed E-state index contributed by atoms with van der Waals surface area (Å²) in [6.45, 7) is 4.75. The molecule has 124 valence electrons. The molecule has 2 aliphatic rings. The lowest BCUT2D eigenvalue weighted by atomic mass is 10.2. The van der Waals surface area contributed by atoms with Crippen LogP contribution in [0.5, 0.6) is 0 Å². The molecule has 4 heterocycles. The van der Waals surface area contributed by atoms with Crippen molar-refractivity contribution in [3.63, 3.8) is 0 Å². The van der Waals surface area contributed by atoms with Gasteiger partial charge in [-0.1, -0.05) is 0 Å². The molecule has 0 radical (unpaired) electrons. The zero-order valence-corrected chi connectivity index (χ0v) is 14.1. The summed E-state index contributed by atoms with van der Waals surface area (Å²) in [6.07, 6.45) is 4.08. The molecule has 1 aliphatic heterocycles. The van der Waals surface area contributed by atoms with Crippen LogP contribution in [0.2, 0.25) is 0 Å². The number of hydrogen-bond donors (Lipinski definition) is 0. The van der Waals surface area contributed by atoms with Crippen LogP contribution in [-0.2, 0) is 6.54 Å². The lowest BCUT2D eigenvalue weighted by Crippen LogP contribution is -2.46. The van der Waals surface area contributed by atoms with Crippen LogP contribution in [0.15, 0.2) is 17.8 Å². The molecule has 3 aromatic rings. The lowest BCUT2D eigenvalue weighted by Gasteiger charge is -2.35. The first kappa shape index (κ1) is 14.2. The van der Waals surface area contributed by atoms with Gasteiger partial charge in [0.1, 0.15) is 17.0 Å². The van der Waals surface area contributed by atoms with Crippen LogP contribution in [0.3, 0.4) is 0 Å². The van der Waals surface area contributed by atoms with Crippen LogP contribution < -0.4 is 4.90 Å². The third-order valence-corrected chi connectivity index (χ3v) is 5.55. The Morgan fingerprint density at radius 3 is 2.83 bits per heavy atom. The number of fused-ring (bicyclic) bond motifs is 1. The molecule has 5 rings (SSSR count). The van der Waals surface area contributed by atoms with Crippen LogP contribution in [0.4, 0.5) is 5.82 Å². The molecule has 24 heavy (non-hydrogen) atoms. The van der Waals surface area contributed by atoms with E-state index in [1.807, 2.05) is 4.68 Å². The number of anilines is 1. The van der Waals surface area contributed by atoms with E-state index in [0.29, 0.717) is 6.04 Å². The maximum absolute atomic E-state index is 4.52. The minimum atomic E-state index is 0.532. The summed E-state index contributed by atoms with van der Waals surface area (Å²) in [7, 11) is 0. The molecule has 8 nitrogen and oxygen atoms in total. The number of thiophene rings is 1. The summed E-state index contributed by atoms with van der Waals surface area (Å²) in [4.78, 5) is 14.7. The largest absolute Gasteiger partial charge is 0.353 e. The van der Waals surface area contributed by atoms with E-state index in [1.165, 1.54) is 12.8 Å². The molecule has 3 aromatic heterocycles. The second-order valence-electron chi connectivity index (χ2n) is 6.37. The van der Waals surface area contributed by atoms with Crippen molar-refractivity contribution in [3.8, 4) is 0 Å². The Kier molecular flexibility index (Phi) is 3.41. The Labute approximate surface area is 143 Å². The van der Waals surface area contributed by atoms with Gasteiger partial charge in [0.2, 0.25) is 0 Å². The summed E-state index contributed by atoms with van der Waals surface area (Å²) >= 11 is 1.67. The molecule has 0 atom stereocenters. The van der Waals surface area contributed by atoms with Gasteiger partial charge >= 0.3 is 0 Å². The number of tetrazole rings is 1. The predicted molar refractivity (Wildman–Crippen MR) is 91.0 cm³/mol. The predicted octanol–water partition coefficient (Wildman–Crippen LogP) is 1.33. The van der Waals surface area contributed by atoms with Crippen LogP contribution in [0.1, 0.15) is 24.7 Å². The molecule has 0 N–H and O–H groups in total. The third-order valence-electron chi connectivity index (χ3n) is 4.73. The topological polar surface area (TPSA) is 75.9 Å². The third kappa shape index (κ3) is 2.53. The fourth-order valence-electron chi connectivity index (χ4n) is 3.27. The molecule has 9 heteroatoms. The van der Waals surface area contributed by atoms with E-state index in [9.17, 15) is 0 Å². The highest BCUT2D eigenvalue weighted by molar-refractivity contribution is 7.16. The Balaban J connectivity index is 1.27. The highest BCUT2D eigenvalue weighted by atomic mass is 32.1. The van der Waals surface area contributed by atoms with Crippen LogP contribution in [0, 0.1) is 0 Å². The van der Waals surface area contributed by atoms with Crippen molar-refractivity contribution < 1.29 is 0 Å². The van der Waals surface area contributed by atoms with E-state index in [1.54, 1.807) is 17.7 Å². The van der Waals surface area contributed by atoms with Gasteiger partial charge in [0.05, 0.1) is 18.0 Å². The van der Waals surface area contributed by atoms with E-state index in [4.69, 9.17) is 0 Å². The van der Waals surface area contributed by atoms with Crippen molar-refractivity contribution in [2.24, 2.45) is 0 Å². The number of hydrogen-bond acceptors (Lipinski definition) is 8. The number of piperazine rings is 1. The fraction of sp³-hybridized carbons (Fsp3) is 0.533. The summed E-state index contributed by atoms with van der Waals surface area (Å²) in [5.74, 6) is 2.05. The van der Waals surface area contributed by atoms with Crippen LogP contribution in [0.25, 0.3) is 10.2 Å². The molecule has 1 aliphatic carbocycles. The minimum absolute atomic E-state index is 0.532. The van der Waals surface area contributed by atoms with Crippen molar-refractivity contribution in [2.75, 3.05) is 31.1 Å². The highest BCUT2D eigenvalue weighted by Gasteiger charge is 2.29. The van der Waals surface area contributed by atoms with Gasteiger partial charge in [-0.3, -0.25) is 4.90 Å². The van der Waals surface area contributed by atoms with Crippen molar-refractivity contribution in [1.82, 2.24) is 35.1 Å². The van der Waals surface area contributed by atoms with Gasteiger partial charge in [0.15, 0.2) is 5.82 Å². The van der Waals surface area contributed by atoms with E-state index >= 15 is 0 Å². The van der Waals surface area contributed by atoms with Gasteiger partial charge in [-0.15, -0.1) is 16.4 Å². The standard InChI is InChI=1S/C15H18N8S/c1-2-11(1)23-13(18-19-20-23)9-21-4-6-22(7-5-21)14-12-3-8-24-15(12)17-10-16-14/h3,8,10-11H,1-2,4-7,9H2. The Bertz CT molecular complexity index is 846. The van der Waals surface area contributed by atoms with Gasteiger partial charge in [-0.25, -0.2) is 14.6 Å². The molecular weight excluding hydrogens is 324 g/mol. The molecule has 0 amide bonds. The van der Waals surface area contributed by atoms with Crippen LogP contribution in [-0.4, -0.2) is 61.3 Å².